The van der Waals surface area contributed by atoms with E-state index in [-0.39, 0.29) is 37.0 Å². The van der Waals surface area contributed by atoms with Crippen molar-refractivity contribution in [2.45, 2.75) is 20.4 Å². The molecule has 0 unspecified atom stereocenters. The Balaban J connectivity index is 1.78. The van der Waals surface area contributed by atoms with Gasteiger partial charge in [-0.3, -0.25) is 4.79 Å². The monoisotopic (exact) mass is 375 g/mol. The second-order valence-corrected chi connectivity index (χ2v) is 6.10. The maximum atomic E-state index is 13.5. The Kier molecular flexibility index (Phi) is 7.28. The van der Waals surface area contributed by atoms with Crippen molar-refractivity contribution in [2.75, 3.05) is 19.6 Å². The van der Waals surface area contributed by atoms with E-state index in [0.717, 1.165) is 0 Å². The van der Waals surface area contributed by atoms with E-state index in [1.54, 1.807) is 25.1 Å². The van der Waals surface area contributed by atoms with Crippen molar-refractivity contribution >= 4 is 11.9 Å². The zero-order valence-corrected chi connectivity index (χ0v) is 15.4. The van der Waals surface area contributed by atoms with E-state index in [0.29, 0.717) is 17.7 Å². The summed E-state index contributed by atoms with van der Waals surface area (Å²) in [5.41, 5.74) is 1.39. The van der Waals surface area contributed by atoms with Gasteiger partial charge in [0, 0.05) is 31.7 Å². The number of benzene rings is 2. The van der Waals surface area contributed by atoms with Crippen LogP contribution < -0.4 is 10.6 Å². The molecule has 0 heterocycles. The summed E-state index contributed by atoms with van der Waals surface area (Å²) in [6, 6.07) is 10.0. The lowest BCUT2D eigenvalue weighted by Gasteiger charge is -2.21. The number of carbonyl (C=O) groups excluding carboxylic acids is 2. The molecule has 0 saturated heterocycles. The van der Waals surface area contributed by atoms with Gasteiger partial charge in [-0.1, -0.05) is 18.2 Å². The summed E-state index contributed by atoms with van der Waals surface area (Å²) < 4.78 is 26.8. The maximum Gasteiger partial charge on any atom is 0.317 e. The van der Waals surface area contributed by atoms with Gasteiger partial charge in [0.25, 0.3) is 5.91 Å². The highest BCUT2D eigenvalue weighted by Gasteiger charge is 2.12. The quantitative estimate of drug-likeness (QED) is 0.730. The summed E-state index contributed by atoms with van der Waals surface area (Å²) in [5.74, 6) is -1.19. The first-order valence-electron chi connectivity index (χ1n) is 8.72. The topological polar surface area (TPSA) is 61.4 Å². The molecule has 2 rings (SSSR count). The molecule has 3 amide bonds. The third-order valence-corrected chi connectivity index (χ3v) is 4.05. The predicted molar refractivity (Wildman–Crippen MR) is 99.4 cm³/mol. The van der Waals surface area contributed by atoms with Crippen LogP contribution in [0, 0.1) is 18.6 Å². The second kappa shape index (κ2) is 9.66. The number of hydrogen-bond acceptors (Lipinski definition) is 2. The zero-order valence-electron chi connectivity index (χ0n) is 15.4. The van der Waals surface area contributed by atoms with E-state index in [4.69, 9.17) is 0 Å². The lowest BCUT2D eigenvalue weighted by atomic mass is 10.1. The highest BCUT2D eigenvalue weighted by molar-refractivity contribution is 5.94. The van der Waals surface area contributed by atoms with E-state index >= 15 is 0 Å². The summed E-state index contributed by atoms with van der Waals surface area (Å²) in [6.45, 7) is 4.62. The number of carbonyl (C=O) groups is 2. The standard InChI is InChI=1S/C20H23F2N3O2/c1-3-25(13-15-5-4-6-17(21)11-15)20(27)24-10-9-23-19(26)16-8-7-14(2)18(22)12-16/h4-8,11-12H,3,9-10,13H2,1-2H3,(H,23,26)(H,24,27). The van der Waals surface area contributed by atoms with E-state index in [9.17, 15) is 18.4 Å². The minimum absolute atomic E-state index is 0.206. The van der Waals surface area contributed by atoms with E-state index < -0.39 is 11.7 Å². The van der Waals surface area contributed by atoms with Crippen molar-refractivity contribution in [1.29, 1.82) is 0 Å². The first-order valence-corrected chi connectivity index (χ1v) is 8.72. The molecule has 0 saturated carbocycles. The summed E-state index contributed by atoms with van der Waals surface area (Å²) >= 11 is 0. The fourth-order valence-electron chi connectivity index (χ4n) is 2.48. The third kappa shape index (κ3) is 6.06. The van der Waals surface area contributed by atoms with E-state index in [1.807, 2.05) is 6.92 Å². The fraction of sp³-hybridized carbons (Fsp3) is 0.300. The maximum absolute atomic E-state index is 13.5. The molecule has 0 aliphatic heterocycles. The number of nitrogens with one attached hydrogen (secondary N) is 2. The molecule has 27 heavy (non-hydrogen) atoms. The minimum atomic E-state index is -0.438. The number of rotatable bonds is 7. The fourth-order valence-corrected chi connectivity index (χ4v) is 2.48. The minimum Gasteiger partial charge on any atom is -0.350 e. The second-order valence-electron chi connectivity index (χ2n) is 6.10. The van der Waals surface area contributed by atoms with E-state index in [1.165, 1.54) is 29.2 Å². The molecular weight excluding hydrogens is 352 g/mol. The van der Waals surface area contributed by atoms with E-state index in [2.05, 4.69) is 10.6 Å². The SMILES string of the molecule is CCN(Cc1cccc(F)c1)C(=O)NCCNC(=O)c1ccc(C)c(F)c1. The Bertz CT molecular complexity index is 812. The molecule has 144 valence electrons. The molecule has 2 aromatic carbocycles. The summed E-state index contributed by atoms with van der Waals surface area (Å²) in [6.07, 6.45) is 0. The van der Waals surface area contributed by atoms with Gasteiger partial charge >= 0.3 is 6.03 Å². The number of halogens is 2. The average Bonchev–Trinajstić information content (AvgIpc) is 2.65. The molecule has 0 aliphatic carbocycles. The van der Waals surface area contributed by atoms with Crippen LogP contribution in [-0.2, 0) is 6.54 Å². The number of nitrogens with zero attached hydrogens (tertiary/aromatic N) is 1. The molecule has 0 atom stereocenters. The molecule has 0 spiro atoms. The van der Waals surface area contributed by atoms with Crippen LogP contribution in [0.4, 0.5) is 13.6 Å². The summed E-state index contributed by atoms with van der Waals surface area (Å²) in [5, 5.41) is 5.33. The Morgan fingerprint density at radius 1 is 1.04 bits per heavy atom. The number of aryl methyl sites for hydroxylation is 1. The van der Waals surface area contributed by atoms with Crippen LogP contribution in [0.5, 0.6) is 0 Å². The van der Waals surface area contributed by atoms with Gasteiger partial charge in [-0.2, -0.15) is 0 Å². The van der Waals surface area contributed by atoms with Crippen LogP contribution in [0.15, 0.2) is 42.5 Å². The highest BCUT2D eigenvalue weighted by atomic mass is 19.1. The predicted octanol–water partition coefficient (Wildman–Crippen LogP) is 3.23. The molecule has 7 heteroatoms. The molecule has 2 N–H and O–H groups in total. The number of amides is 3. The zero-order chi connectivity index (χ0) is 19.8. The van der Waals surface area contributed by atoms with Crippen molar-refractivity contribution in [2.24, 2.45) is 0 Å². The molecule has 0 radical (unpaired) electrons. The molecule has 0 bridgehead atoms. The highest BCUT2D eigenvalue weighted by Crippen LogP contribution is 2.09. The van der Waals surface area contributed by atoms with Crippen molar-refractivity contribution in [3.8, 4) is 0 Å². The Hall–Kier alpha value is -2.96. The van der Waals surface area contributed by atoms with Gasteiger partial charge < -0.3 is 15.5 Å². The van der Waals surface area contributed by atoms with Gasteiger partial charge in [-0.05, 0) is 49.2 Å². The van der Waals surface area contributed by atoms with Crippen molar-refractivity contribution in [3.05, 3.63) is 70.8 Å². The normalized spacial score (nSPS) is 10.4. The van der Waals surface area contributed by atoms with Gasteiger partial charge in [0.05, 0.1) is 0 Å². The number of urea groups is 1. The van der Waals surface area contributed by atoms with Crippen molar-refractivity contribution in [1.82, 2.24) is 15.5 Å². The molecule has 0 aromatic heterocycles. The smallest absolute Gasteiger partial charge is 0.317 e. The van der Waals surface area contributed by atoms with Crippen molar-refractivity contribution < 1.29 is 18.4 Å². The molecule has 0 fully saturated rings. The van der Waals surface area contributed by atoms with Crippen LogP contribution in [-0.4, -0.2) is 36.5 Å². The van der Waals surface area contributed by atoms with Gasteiger partial charge in [0.15, 0.2) is 0 Å². The largest absolute Gasteiger partial charge is 0.350 e. The lowest BCUT2D eigenvalue weighted by molar-refractivity contribution is 0.0953. The van der Waals surface area contributed by atoms with Crippen LogP contribution in [0.25, 0.3) is 0 Å². The summed E-state index contributed by atoms with van der Waals surface area (Å²) in [7, 11) is 0. The average molecular weight is 375 g/mol. The molecule has 0 aliphatic rings. The molecule has 5 nitrogen and oxygen atoms in total. The first kappa shape index (κ1) is 20.4. The van der Waals surface area contributed by atoms with Crippen LogP contribution >= 0.6 is 0 Å². The Morgan fingerprint density at radius 2 is 1.78 bits per heavy atom. The molecule has 2 aromatic rings. The van der Waals surface area contributed by atoms with Crippen LogP contribution in [0.1, 0.15) is 28.4 Å². The Labute approximate surface area is 157 Å². The van der Waals surface area contributed by atoms with Gasteiger partial charge in [0.2, 0.25) is 0 Å². The Morgan fingerprint density at radius 3 is 2.44 bits per heavy atom. The number of hydrogen-bond donors (Lipinski definition) is 2. The van der Waals surface area contributed by atoms with Crippen LogP contribution in [0.3, 0.4) is 0 Å². The van der Waals surface area contributed by atoms with Gasteiger partial charge in [-0.15, -0.1) is 0 Å². The van der Waals surface area contributed by atoms with Crippen LogP contribution in [0.2, 0.25) is 0 Å². The molecular formula is C20H23F2N3O2. The summed E-state index contributed by atoms with van der Waals surface area (Å²) in [4.78, 5) is 25.7. The van der Waals surface area contributed by atoms with Crippen molar-refractivity contribution in [3.63, 3.8) is 0 Å². The lowest BCUT2D eigenvalue weighted by Crippen LogP contribution is -2.42. The van der Waals surface area contributed by atoms with Gasteiger partial charge in [-0.25, -0.2) is 13.6 Å². The first-order chi connectivity index (χ1) is 12.9. The van der Waals surface area contributed by atoms with Gasteiger partial charge in [0.1, 0.15) is 11.6 Å². The third-order valence-electron chi connectivity index (χ3n) is 4.05.